The summed E-state index contributed by atoms with van der Waals surface area (Å²) in [7, 11) is 2.03. The van der Waals surface area contributed by atoms with Gasteiger partial charge < -0.3 is 9.73 Å². The van der Waals surface area contributed by atoms with Gasteiger partial charge in [-0.15, -0.1) is 0 Å². The van der Waals surface area contributed by atoms with Crippen LogP contribution in [0.25, 0.3) is 11.0 Å². The van der Waals surface area contributed by atoms with Crippen molar-refractivity contribution in [3.05, 3.63) is 35.0 Å². The first-order valence-corrected chi connectivity index (χ1v) is 8.23. The zero-order valence-electron chi connectivity index (χ0n) is 13.1. The molecule has 1 unspecified atom stereocenters. The maximum atomic E-state index is 6.23. The van der Waals surface area contributed by atoms with Gasteiger partial charge in [0.05, 0.1) is 11.1 Å². The molecule has 1 heterocycles. The van der Waals surface area contributed by atoms with Crippen LogP contribution < -0.4 is 5.32 Å². The lowest BCUT2D eigenvalue weighted by Gasteiger charge is -2.37. The van der Waals surface area contributed by atoms with Crippen molar-refractivity contribution in [3.8, 4) is 0 Å². The monoisotopic (exact) mass is 305 g/mol. The molecular formula is C18H24ClNO. The lowest BCUT2D eigenvalue weighted by Crippen LogP contribution is -2.30. The Bertz CT molecular complexity index is 621. The molecule has 0 aliphatic heterocycles. The number of para-hydroxylation sites is 1. The molecule has 2 nitrogen and oxygen atoms in total. The standard InChI is InChI=1S/C18H24ClNO/c1-18(2)9-7-12(8-10-18)16(20-3)15-11-13-5-4-6-14(19)17(13)21-15/h4-6,11-12,16,20H,7-10H2,1-3H3. The van der Waals surface area contributed by atoms with E-state index in [1.165, 1.54) is 25.7 Å². The number of rotatable bonds is 3. The van der Waals surface area contributed by atoms with Crippen molar-refractivity contribution >= 4 is 22.6 Å². The summed E-state index contributed by atoms with van der Waals surface area (Å²) in [4.78, 5) is 0. The van der Waals surface area contributed by atoms with Crippen LogP contribution in [0, 0.1) is 11.3 Å². The normalized spacial score (nSPS) is 20.8. The molecule has 114 valence electrons. The second-order valence-corrected chi connectivity index (χ2v) is 7.48. The van der Waals surface area contributed by atoms with Crippen molar-refractivity contribution in [3.63, 3.8) is 0 Å². The Morgan fingerprint density at radius 2 is 2.00 bits per heavy atom. The van der Waals surface area contributed by atoms with Gasteiger partial charge in [0.25, 0.3) is 0 Å². The van der Waals surface area contributed by atoms with Crippen molar-refractivity contribution in [2.75, 3.05) is 7.05 Å². The number of halogens is 1. The Morgan fingerprint density at radius 1 is 1.29 bits per heavy atom. The molecule has 0 spiro atoms. The molecule has 2 aromatic rings. The Morgan fingerprint density at radius 3 is 2.62 bits per heavy atom. The molecule has 0 saturated heterocycles. The topological polar surface area (TPSA) is 25.2 Å². The summed E-state index contributed by atoms with van der Waals surface area (Å²) < 4.78 is 6.06. The molecular weight excluding hydrogens is 282 g/mol. The van der Waals surface area contributed by atoms with Gasteiger partial charge in [-0.1, -0.05) is 37.6 Å². The molecule has 0 amide bonds. The number of fused-ring (bicyclic) bond motifs is 1. The second kappa shape index (κ2) is 5.66. The minimum atomic E-state index is 0.282. The van der Waals surface area contributed by atoms with Crippen LogP contribution in [0.15, 0.2) is 28.7 Å². The van der Waals surface area contributed by atoms with Crippen LogP contribution in [0.5, 0.6) is 0 Å². The first kappa shape index (κ1) is 14.9. The van der Waals surface area contributed by atoms with E-state index >= 15 is 0 Å². The Hall–Kier alpha value is -0.990. The largest absolute Gasteiger partial charge is 0.458 e. The van der Waals surface area contributed by atoms with Gasteiger partial charge in [0, 0.05) is 5.39 Å². The molecule has 3 heteroatoms. The van der Waals surface area contributed by atoms with Gasteiger partial charge in [-0.2, -0.15) is 0 Å². The fourth-order valence-corrected chi connectivity index (χ4v) is 3.79. The number of nitrogens with one attached hydrogen (secondary N) is 1. The summed E-state index contributed by atoms with van der Waals surface area (Å²) in [5.41, 5.74) is 1.30. The van der Waals surface area contributed by atoms with Crippen LogP contribution >= 0.6 is 11.6 Å². The van der Waals surface area contributed by atoms with Crippen LogP contribution in [0.4, 0.5) is 0 Å². The quantitative estimate of drug-likeness (QED) is 0.802. The zero-order chi connectivity index (χ0) is 15.0. The van der Waals surface area contributed by atoms with E-state index in [1.807, 2.05) is 19.2 Å². The van der Waals surface area contributed by atoms with Gasteiger partial charge in [0.2, 0.25) is 0 Å². The van der Waals surface area contributed by atoms with Crippen molar-refractivity contribution < 1.29 is 4.42 Å². The highest BCUT2D eigenvalue weighted by molar-refractivity contribution is 6.34. The van der Waals surface area contributed by atoms with Crippen molar-refractivity contribution in [2.45, 2.75) is 45.6 Å². The molecule has 3 rings (SSSR count). The van der Waals surface area contributed by atoms with Crippen LogP contribution in [-0.2, 0) is 0 Å². The summed E-state index contributed by atoms with van der Waals surface area (Å²) in [5.74, 6) is 1.66. The maximum absolute atomic E-state index is 6.23. The minimum Gasteiger partial charge on any atom is -0.458 e. The first-order valence-electron chi connectivity index (χ1n) is 7.85. The predicted molar refractivity (Wildman–Crippen MR) is 88.8 cm³/mol. The molecule has 21 heavy (non-hydrogen) atoms. The first-order chi connectivity index (χ1) is 10.00. The number of hydrogen-bond donors (Lipinski definition) is 1. The van der Waals surface area contributed by atoms with E-state index in [0.29, 0.717) is 16.4 Å². The molecule has 1 N–H and O–H groups in total. The summed E-state index contributed by atoms with van der Waals surface area (Å²) >= 11 is 6.23. The summed E-state index contributed by atoms with van der Waals surface area (Å²) in [5, 5.41) is 5.24. The lowest BCUT2D eigenvalue weighted by molar-refractivity contribution is 0.156. The molecule has 1 aromatic heterocycles. The predicted octanol–water partition coefficient (Wildman–Crippen LogP) is 5.56. The van der Waals surface area contributed by atoms with Gasteiger partial charge in [0.1, 0.15) is 5.76 Å². The molecule has 1 saturated carbocycles. The highest BCUT2D eigenvalue weighted by Crippen LogP contribution is 2.43. The SMILES string of the molecule is CNC(c1cc2cccc(Cl)c2o1)C1CCC(C)(C)CC1. The van der Waals surface area contributed by atoms with Gasteiger partial charge in [-0.25, -0.2) is 0 Å². The molecule has 1 atom stereocenters. The number of hydrogen-bond acceptors (Lipinski definition) is 2. The summed E-state index contributed by atoms with van der Waals surface area (Å²) in [6.07, 6.45) is 5.08. The highest BCUT2D eigenvalue weighted by Gasteiger charge is 2.32. The minimum absolute atomic E-state index is 0.282. The maximum Gasteiger partial charge on any atom is 0.152 e. The zero-order valence-corrected chi connectivity index (χ0v) is 13.8. The molecule has 1 aliphatic rings. The van der Waals surface area contributed by atoms with Crippen LogP contribution in [0.1, 0.15) is 51.3 Å². The molecule has 1 fully saturated rings. The van der Waals surface area contributed by atoms with Crippen molar-refractivity contribution in [1.82, 2.24) is 5.32 Å². The Kier molecular flexibility index (Phi) is 4.02. The highest BCUT2D eigenvalue weighted by atomic mass is 35.5. The summed E-state index contributed by atoms with van der Waals surface area (Å²) in [6, 6.07) is 8.34. The van der Waals surface area contributed by atoms with Crippen molar-refractivity contribution in [1.29, 1.82) is 0 Å². The van der Waals surface area contributed by atoms with Crippen LogP contribution in [-0.4, -0.2) is 7.05 Å². The van der Waals surface area contributed by atoms with Crippen LogP contribution in [0.3, 0.4) is 0 Å². The van der Waals surface area contributed by atoms with E-state index in [-0.39, 0.29) is 6.04 Å². The van der Waals surface area contributed by atoms with Gasteiger partial charge in [0.15, 0.2) is 5.58 Å². The second-order valence-electron chi connectivity index (χ2n) is 7.07. The van der Waals surface area contributed by atoms with Gasteiger partial charge >= 0.3 is 0 Å². The molecule has 0 bridgehead atoms. The van der Waals surface area contributed by atoms with Crippen molar-refractivity contribution in [2.24, 2.45) is 11.3 Å². The van der Waals surface area contributed by atoms with E-state index in [4.69, 9.17) is 16.0 Å². The van der Waals surface area contributed by atoms with E-state index < -0.39 is 0 Å². The van der Waals surface area contributed by atoms with E-state index in [0.717, 1.165) is 16.7 Å². The van der Waals surface area contributed by atoms with Crippen LogP contribution in [0.2, 0.25) is 5.02 Å². The molecule has 1 aliphatic carbocycles. The third-order valence-corrected chi connectivity index (χ3v) is 5.29. The Balaban J connectivity index is 1.87. The van der Waals surface area contributed by atoms with E-state index in [9.17, 15) is 0 Å². The number of benzene rings is 1. The number of furan rings is 1. The smallest absolute Gasteiger partial charge is 0.152 e. The fraction of sp³-hybridized carbons (Fsp3) is 0.556. The fourth-order valence-electron chi connectivity index (χ4n) is 3.57. The molecule has 1 aromatic carbocycles. The van der Waals surface area contributed by atoms with Gasteiger partial charge in [-0.3, -0.25) is 0 Å². The Labute approximate surface area is 131 Å². The average molecular weight is 306 g/mol. The third kappa shape index (κ3) is 2.97. The average Bonchev–Trinajstić information content (AvgIpc) is 2.86. The molecule has 0 radical (unpaired) electrons. The van der Waals surface area contributed by atoms with E-state index in [1.54, 1.807) is 0 Å². The van der Waals surface area contributed by atoms with E-state index in [2.05, 4.69) is 31.3 Å². The lowest BCUT2D eigenvalue weighted by atomic mass is 9.71. The van der Waals surface area contributed by atoms with Gasteiger partial charge in [-0.05, 0) is 56.2 Å². The summed E-state index contributed by atoms with van der Waals surface area (Å²) in [6.45, 7) is 4.75. The third-order valence-electron chi connectivity index (χ3n) is 4.99.